The van der Waals surface area contributed by atoms with Crippen molar-refractivity contribution in [2.45, 2.75) is 45.1 Å². The summed E-state index contributed by atoms with van der Waals surface area (Å²) in [5.41, 5.74) is 0.452. The molecule has 0 aliphatic carbocycles. The van der Waals surface area contributed by atoms with Gasteiger partial charge in [0.2, 0.25) is 5.91 Å². The molecule has 2 rings (SSSR count). The van der Waals surface area contributed by atoms with Crippen molar-refractivity contribution in [2.24, 2.45) is 0 Å². The Morgan fingerprint density at radius 1 is 1.16 bits per heavy atom. The summed E-state index contributed by atoms with van der Waals surface area (Å²) >= 11 is 0. The SMILES string of the molecule is CCC1CCCCN1C(=O)CCNC(=O)c1cc(OC)cc(OC)c1. The topological polar surface area (TPSA) is 67.9 Å². The third-order valence-electron chi connectivity index (χ3n) is 4.66. The van der Waals surface area contributed by atoms with Gasteiger partial charge in [-0.15, -0.1) is 0 Å². The number of likely N-dealkylation sites (tertiary alicyclic amines) is 1. The zero-order valence-corrected chi connectivity index (χ0v) is 15.3. The Morgan fingerprint density at radius 2 is 1.84 bits per heavy atom. The molecule has 0 spiro atoms. The lowest BCUT2D eigenvalue weighted by molar-refractivity contribution is -0.134. The number of ether oxygens (including phenoxy) is 2. The van der Waals surface area contributed by atoms with Crippen LogP contribution in [-0.4, -0.2) is 50.1 Å². The van der Waals surface area contributed by atoms with Gasteiger partial charge in [-0.25, -0.2) is 0 Å². The van der Waals surface area contributed by atoms with Crippen LogP contribution in [0.5, 0.6) is 11.5 Å². The van der Waals surface area contributed by atoms with Gasteiger partial charge in [-0.05, 0) is 37.8 Å². The average molecular weight is 348 g/mol. The van der Waals surface area contributed by atoms with Gasteiger partial charge in [0.1, 0.15) is 11.5 Å². The molecular formula is C19H28N2O4. The number of methoxy groups -OCH3 is 2. The molecule has 1 saturated heterocycles. The van der Waals surface area contributed by atoms with Crippen LogP contribution in [-0.2, 0) is 4.79 Å². The zero-order valence-electron chi connectivity index (χ0n) is 15.3. The number of hydrogen-bond donors (Lipinski definition) is 1. The van der Waals surface area contributed by atoms with Crippen molar-refractivity contribution in [3.63, 3.8) is 0 Å². The molecule has 138 valence electrons. The summed E-state index contributed by atoms with van der Waals surface area (Å²) in [6.45, 7) is 3.27. The molecular weight excluding hydrogens is 320 g/mol. The van der Waals surface area contributed by atoms with E-state index in [-0.39, 0.29) is 11.8 Å². The summed E-state index contributed by atoms with van der Waals surface area (Å²) < 4.78 is 10.3. The monoisotopic (exact) mass is 348 g/mol. The Morgan fingerprint density at radius 3 is 2.44 bits per heavy atom. The highest BCUT2D eigenvalue weighted by atomic mass is 16.5. The second-order valence-electron chi connectivity index (χ2n) is 6.25. The number of rotatable bonds is 7. The summed E-state index contributed by atoms with van der Waals surface area (Å²) in [5.74, 6) is 0.991. The Kier molecular flexibility index (Phi) is 7.10. The fraction of sp³-hybridized carbons (Fsp3) is 0.579. The van der Waals surface area contributed by atoms with E-state index in [1.807, 2.05) is 4.90 Å². The van der Waals surface area contributed by atoms with Gasteiger partial charge in [0.15, 0.2) is 0 Å². The minimum absolute atomic E-state index is 0.120. The third kappa shape index (κ3) is 5.11. The normalized spacial score (nSPS) is 17.1. The molecule has 1 fully saturated rings. The average Bonchev–Trinajstić information content (AvgIpc) is 2.67. The molecule has 1 heterocycles. The van der Waals surface area contributed by atoms with E-state index < -0.39 is 0 Å². The third-order valence-corrected chi connectivity index (χ3v) is 4.66. The molecule has 1 atom stereocenters. The van der Waals surface area contributed by atoms with Crippen molar-refractivity contribution in [1.29, 1.82) is 0 Å². The number of amides is 2. The molecule has 1 N–H and O–H groups in total. The minimum atomic E-state index is -0.240. The Hall–Kier alpha value is -2.24. The number of carbonyl (C=O) groups excluding carboxylic acids is 2. The Bertz CT molecular complexity index is 581. The molecule has 0 radical (unpaired) electrons. The quantitative estimate of drug-likeness (QED) is 0.822. The molecule has 1 aliphatic rings. The standard InChI is InChI=1S/C19H28N2O4/c1-4-15-7-5-6-10-21(15)18(22)8-9-20-19(23)14-11-16(24-2)13-17(12-14)25-3/h11-13,15H,4-10H2,1-3H3,(H,20,23). The van der Waals surface area contributed by atoms with Crippen molar-refractivity contribution in [2.75, 3.05) is 27.3 Å². The molecule has 2 amide bonds. The largest absolute Gasteiger partial charge is 0.497 e. The summed E-state index contributed by atoms with van der Waals surface area (Å²) in [6, 6.07) is 5.36. The van der Waals surface area contributed by atoms with E-state index in [2.05, 4.69) is 12.2 Å². The predicted molar refractivity (Wildman–Crippen MR) is 96.1 cm³/mol. The highest BCUT2D eigenvalue weighted by Gasteiger charge is 2.24. The smallest absolute Gasteiger partial charge is 0.251 e. The highest BCUT2D eigenvalue weighted by molar-refractivity contribution is 5.95. The molecule has 0 saturated carbocycles. The molecule has 1 aromatic carbocycles. The van der Waals surface area contributed by atoms with E-state index in [1.165, 1.54) is 20.6 Å². The summed E-state index contributed by atoms with van der Waals surface area (Å²) in [6.07, 6.45) is 4.65. The minimum Gasteiger partial charge on any atom is -0.497 e. The molecule has 0 aromatic heterocycles. The fourth-order valence-corrected chi connectivity index (χ4v) is 3.22. The van der Waals surface area contributed by atoms with Crippen molar-refractivity contribution in [1.82, 2.24) is 10.2 Å². The summed E-state index contributed by atoms with van der Waals surface area (Å²) in [7, 11) is 3.08. The maximum absolute atomic E-state index is 12.4. The van der Waals surface area contributed by atoms with E-state index in [4.69, 9.17) is 9.47 Å². The van der Waals surface area contributed by atoms with Gasteiger partial charge in [-0.2, -0.15) is 0 Å². The molecule has 6 heteroatoms. The summed E-state index contributed by atoms with van der Waals surface area (Å²) in [4.78, 5) is 26.7. The first-order valence-corrected chi connectivity index (χ1v) is 8.89. The second-order valence-corrected chi connectivity index (χ2v) is 6.25. The van der Waals surface area contributed by atoms with Crippen LogP contribution in [0.2, 0.25) is 0 Å². The van der Waals surface area contributed by atoms with E-state index in [9.17, 15) is 9.59 Å². The van der Waals surface area contributed by atoms with Gasteiger partial charge in [0, 0.05) is 37.2 Å². The van der Waals surface area contributed by atoms with Crippen molar-refractivity contribution in [3.05, 3.63) is 23.8 Å². The van der Waals surface area contributed by atoms with E-state index in [1.54, 1.807) is 18.2 Å². The molecule has 25 heavy (non-hydrogen) atoms. The van der Waals surface area contributed by atoms with Gasteiger partial charge in [-0.1, -0.05) is 6.92 Å². The first-order chi connectivity index (χ1) is 12.1. The van der Waals surface area contributed by atoms with Crippen LogP contribution in [0.1, 0.15) is 49.4 Å². The lowest BCUT2D eigenvalue weighted by atomic mass is 9.99. The number of nitrogens with one attached hydrogen (secondary N) is 1. The van der Waals surface area contributed by atoms with Gasteiger partial charge in [0.25, 0.3) is 5.91 Å². The maximum atomic E-state index is 12.4. The molecule has 0 bridgehead atoms. The summed E-state index contributed by atoms with van der Waals surface area (Å²) in [5, 5.41) is 2.81. The number of piperidine rings is 1. The fourth-order valence-electron chi connectivity index (χ4n) is 3.22. The number of hydrogen-bond acceptors (Lipinski definition) is 4. The van der Waals surface area contributed by atoms with Gasteiger partial charge >= 0.3 is 0 Å². The van der Waals surface area contributed by atoms with Crippen LogP contribution in [0, 0.1) is 0 Å². The van der Waals surface area contributed by atoms with Gasteiger partial charge in [0.05, 0.1) is 14.2 Å². The van der Waals surface area contributed by atoms with E-state index >= 15 is 0 Å². The molecule has 1 aliphatic heterocycles. The predicted octanol–water partition coefficient (Wildman–Crippen LogP) is 2.61. The van der Waals surface area contributed by atoms with Crippen LogP contribution >= 0.6 is 0 Å². The molecule has 6 nitrogen and oxygen atoms in total. The molecule has 1 aromatic rings. The van der Waals surface area contributed by atoms with Crippen molar-refractivity contribution < 1.29 is 19.1 Å². The number of benzene rings is 1. The van der Waals surface area contributed by atoms with Crippen LogP contribution in [0.25, 0.3) is 0 Å². The zero-order chi connectivity index (χ0) is 18.2. The van der Waals surface area contributed by atoms with Crippen LogP contribution in [0.3, 0.4) is 0 Å². The van der Waals surface area contributed by atoms with Crippen molar-refractivity contribution >= 4 is 11.8 Å². The van der Waals surface area contributed by atoms with Crippen molar-refractivity contribution in [3.8, 4) is 11.5 Å². The number of nitrogens with zero attached hydrogens (tertiary/aromatic N) is 1. The van der Waals surface area contributed by atoms with Crippen LogP contribution in [0.4, 0.5) is 0 Å². The maximum Gasteiger partial charge on any atom is 0.251 e. The second kappa shape index (κ2) is 9.30. The van der Waals surface area contributed by atoms with Crippen LogP contribution in [0.15, 0.2) is 18.2 Å². The van der Waals surface area contributed by atoms with Gasteiger partial charge < -0.3 is 19.7 Å². The molecule has 1 unspecified atom stereocenters. The highest BCUT2D eigenvalue weighted by Crippen LogP contribution is 2.22. The number of carbonyl (C=O) groups is 2. The first-order valence-electron chi connectivity index (χ1n) is 8.89. The van der Waals surface area contributed by atoms with Gasteiger partial charge in [-0.3, -0.25) is 9.59 Å². The van der Waals surface area contributed by atoms with E-state index in [0.29, 0.717) is 36.1 Å². The van der Waals surface area contributed by atoms with E-state index in [0.717, 1.165) is 25.8 Å². The first kappa shape index (κ1) is 19.1. The Labute approximate surface area is 149 Å². The Balaban J connectivity index is 1.88. The lowest BCUT2D eigenvalue weighted by Gasteiger charge is -2.35. The van der Waals surface area contributed by atoms with Crippen LogP contribution < -0.4 is 14.8 Å². The lowest BCUT2D eigenvalue weighted by Crippen LogP contribution is -2.44.